The van der Waals surface area contributed by atoms with Gasteiger partial charge in [0, 0.05) is 12.2 Å². The van der Waals surface area contributed by atoms with E-state index in [1.165, 1.54) is 0 Å². The smallest absolute Gasteiger partial charge is 0.193 e. The second-order valence-electron chi connectivity index (χ2n) is 6.94. The Labute approximate surface area is 170 Å². The maximum atomic E-state index is 9.47. The summed E-state index contributed by atoms with van der Waals surface area (Å²) in [5, 5.41) is 17.1. The highest BCUT2D eigenvalue weighted by Gasteiger charge is 2.16. The molecule has 1 heterocycles. The van der Waals surface area contributed by atoms with Crippen LogP contribution in [0.5, 0.6) is 0 Å². The molecule has 0 radical (unpaired) electrons. The first kappa shape index (κ1) is 20.0. The van der Waals surface area contributed by atoms with Gasteiger partial charge in [0.15, 0.2) is 5.96 Å². The molecule has 5 N–H and O–H groups in total. The molecule has 0 atom stereocenters. The summed E-state index contributed by atoms with van der Waals surface area (Å²) in [6.45, 7) is 4.60. The molecule has 0 saturated heterocycles. The number of benzene rings is 2. The van der Waals surface area contributed by atoms with Crippen molar-refractivity contribution in [2.24, 2.45) is 10.7 Å². The van der Waals surface area contributed by atoms with Crippen LogP contribution in [0.2, 0.25) is 0 Å². The van der Waals surface area contributed by atoms with Crippen LogP contribution < -0.4 is 16.8 Å². The fourth-order valence-electron chi connectivity index (χ4n) is 3.22. The van der Waals surface area contributed by atoms with Crippen molar-refractivity contribution >= 4 is 17.5 Å². The molecule has 3 rings (SSSR count). The summed E-state index contributed by atoms with van der Waals surface area (Å²) < 4.78 is 1.60. The van der Waals surface area contributed by atoms with Crippen LogP contribution in [0.3, 0.4) is 0 Å². The fourth-order valence-corrected chi connectivity index (χ4v) is 3.22. The summed E-state index contributed by atoms with van der Waals surface area (Å²) in [6.07, 6.45) is 1.29. The first-order valence-corrected chi connectivity index (χ1v) is 9.46. The Bertz CT molecular complexity index is 1040. The van der Waals surface area contributed by atoms with E-state index in [9.17, 15) is 5.26 Å². The van der Waals surface area contributed by atoms with Crippen molar-refractivity contribution in [2.75, 3.05) is 17.6 Å². The number of nitrogen functional groups attached to an aromatic ring is 1. The van der Waals surface area contributed by atoms with Crippen molar-refractivity contribution in [3.63, 3.8) is 0 Å². The van der Waals surface area contributed by atoms with Crippen LogP contribution in [0.4, 0.5) is 11.5 Å². The largest absolute Gasteiger partial charge is 0.382 e. The molecule has 7 heteroatoms. The summed E-state index contributed by atoms with van der Waals surface area (Å²) in [4.78, 5) is 4.37. The normalized spacial score (nSPS) is 11.3. The van der Waals surface area contributed by atoms with E-state index in [1.54, 1.807) is 4.68 Å². The second kappa shape index (κ2) is 8.93. The van der Waals surface area contributed by atoms with Crippen LogP contribution in [0.15, 0.2) is 53.5 Å². The van der Waals surface area contributed by atoms with E-state index in [4.69, 9.17) is 11.5 Å². The molecule has 1 aromatic heterocycles. The number of anilines is 2. The monoisotopic (exact) mass is 387 g/mol. The Morgan fingerprint density at radius 3 is 2.52 bits per heavy atom. The highest BCUT2D eigenvalue weighted by atomic mass is 15.3. The van der Waals surface area contributed by atoms with Gasteiger partial charge in [0.1, 0.15) is 17.5 Å². The van der Waals surface area contributed by atoms with Crippen molar-refractivity contribution < 1.29 is 0 Å². The number of aryl methyl sites for hydroxylation is 3. The van der Waals surface area contributed by atoms with Crippen molar-refractivity contribution in [1.29, 1.82) is 5.26 Å². The molecule has 0 bridgehead atoms. The first-order chi connectivity index (χ1) is 14.0. The van der Waals surface area contributed by atoms with Crippen molar-refractivity contribution in [3.05, 3.63) is 70.9 Å². The molecule has 29 heavy (non-hydrogen) atoms. The predicted octanol–water partition coefficient (Wildman–Crippen LogP) is 3.30. The zero-order valence-corrected chi connectivity index (χ0v) is 16.7. The van der Waals surface area contributed by atoms with E-state index in [1.807, 2.05) is 56.3 Å². The van der Waals surface area contributed by atoms with Crippen LogP contribution in [-0.2, 0) is 6.42 Å². The molecule has 0 spiro atoms. The quantitative estimate of drug-likeness (QED) is 0.341. The van der Waals surface area contributed by atoms with Gasteiger partial charge in [-0.05, 0) is 62.1 Å². The van der Waals surface area contributed by atoms with Gasteiger partial charge in [-0.1, -0.05) is 24.3 Å². The van der Waals surface area contributed by atoms with Crippen LogP contribution in [0.1, 0.15) is 28.8 Å². The summed E-state index contributed by atoms with van der Waals surface area (Å²) >= 11 is 0. The molecule has 7 nitrogen and oxygen atoms in total. The average Bonchev–Trinajstić information content (AvgIpc) is 3.00. The van der Waals surface area contributed by atoms with E-state index < -0.39 is 0 Å². The number of nitrogens with zero attached hydrogens (tertiary/aromatic N) is 4. The third-order valence-electron chi connectivity index (χ3n) is 4.45. The Morgan fingerprint density at radius 1 is 1.17 bits per heavy atom. The lowest BCUT2D eigenvalue weighted by atomic mass is 10.1. The standard InChI is InChI=1S/C22H25N7/c1-15-11-16(2)13-17(12-15)27-22(25)26-10-6-9-20-19(14-23)21(24)29(28-20)18-7-4-3-5-8-18/h3-5,7-8,11-13H,6,9-10,24H2,1-2H3,(H3,25,26,27). The highest BCUT2D eigenvalue weighted by Crippen LogP contribution is 2.21. The minimum Gasteiger partial charge on any atom is -0.382 e. The minimum absolute atomic E-state index is 0.355. The molecule has 0 amide bonds. The van der Waals surface area contributed by atoms with Gasteiger partial charge < -0.3 is 16.8 Å². The van der Waals surface area contributed by atoms with Crippen molar-refractivity contribution in [1.82, 2.24) is 9.78 Å². The van der Waals surface area contributed by atoms with E-state index in [2.05, 4.69) is 27.5 Å². The third-order valence-corrected chi connectivity index (χ3v) is 4.45. The lowest BCUT2D eigenvalue weighted by Crippen LogP contribution is -2.23. The Balaban J connectivity index is 1.63. The second-order valence-corrected chi connectivity index (χ2v) is 6.94. The first-order valence-electron chi connectivity index (χ1n) is 9.46. The molecular formula is C22H25N7. The van der Waals surface area contributed by atoms with Gasteiger partial charge in [0.2, 0.25) is 0 Å². The summed E-state index contributed by atoms with van der Waals surface area (Å²) in [5.74, 6) is 0.720. The number of nitrogens with one attached hydrogen (secondary N) is 1. The number of hydrogen-bond acceptors (Lipinski definition) is 4. The SMILES string of the molecule is Cc1cc(C)cc(NC(N)=NCCCc2nn(-c3ccccc3)c(N)c2C#N)c1. The number of hydrogen-bond donors (Lipinski definition) is 3. The number of aliphatic imine (C=N–C) groups is 1. The van der Waals surface area contributed by atoms with Gasteiger partial charge in [-0.25, -0.2) is 4.68 Å². The Hall–Kier alpha value is -3.79. The van der Waals surface area contributed by atoms with Gasteiger partial charge in [-0.2, -0.15) is 10.4 Å². The van der Waals surface area contributed by atoms with Gasteiger partial charge in [0.25, 0.3) is 0 Å². The molecule has 0 unspecified atom stereocenters. The third kappa shape index (κ3) is 4.93. The summed E-state index contributed by atoms with van der Waals surface area (Å²) in [7, 11) is 0. The molecule has 148 valence electrons. The van der Waals surface area contributed by atoms with E-state index >= 15 is 0 Å². The molecule has 0 aliphatic carbocycles. The lowest BCUT2D eigenvalue weighted by molar-refractivity contribution is 0.776. The summed E-state index contributed by atoms with van der Waals surface area (Å²) in [6, 6.07) is 17.8. The topological polar surface area (TPSA) is 118 Å². The number of guanidine groups is 1. The predicted molar refractivity (Wildman–Crippen MR) is 117 cm³/mol. The maximum absolute atomic E-state index is 9.47. The zero-order chi connectivity index (χ0) is 20.8. The Morgan fingerprint density at radius 2 is 1.86 bits per heavy atom. The van der Waals surface area contributed by atoms with Crippen LogP contribution in [0, 0.1) is 25.2 Å². The fraction of sp³-hybridized carbons (Fsp3) is 0.227. The zero-order valence-electron chi connectivity index (χ0n) is 16.7. The lowest BCUT2D eigenvalue weighted by Gasteiger charge is -2.08. The van der Waals surface area contributed by atoms with E-state index in [0.29, 0.717) is 42.4 Å². The highest BCUT2D eigenvalue weighted by molar-refractivity contribution is 5.92. The van der Waals surface area contributed by atoms with Gasteiger partial charge >= 0.3 is 0 Å². The molecule has 0 saturated carbocycles. The molecule has 0 aliphatic rings. The van der Waals surface area contributed by atoms with E-state index in [-0.39, 0.29) is 0 Å². The van der Waals surface area contributed by atoms with Crippen LogP contribution in [0.25, 0.3) is 5.69 Å². The molecule has 3 aromatic rings. The minimum atomic E-state index is 0.355. The molecule has 2 aromatic carbocycles. The number of para-hydroxylation sites is 1. The van der Waals surface area contributed by atoms with Crippen LogP contribution in [-0.4, -0.2) is 22.3 Å². The average molecular weight is 387 g/mol. The number of nitrogens with two attached hydrogens (primary N) is 2. The number of aromatic nitrogens is 2. The van der Waals surface area contributed by atoms with Gasteiger partial charge in [0.05, 0.1) is 11.4 Å². The molecule has 0 aliphatic heterocycles. The van der Waals surface area contributed by atoms with Crippen LogP contribution >= 0.6 is 0 Å². The molecule has 0 fully saturated rings. The van der Waals surface area contributed by atoms with Crippen molar-refractivity contribution in [2.45, 2.75) is 26.7 Å². The summed E-state index contributed by atoms with van der Waals surface area (Å²) in [5.41, 5.74) is 17.3. The van der Waals surface area contributed by atoms with Crippen molar-refractivity contribution in [3.8, 4) is 11.8 Å². The maximum Gasteiger partial charge on any atom is 0.193 e. The van der Waals surface area contributed by atoms with Gasteiger partial charge in [-0.15, -0.1) is 0 Å². The van der Waals surface area contributed by atoms with Gasteiger partial charge in [-0.3, -0.25) is 4.99 Å². The number of rotatable bonds is 6. The number of nitriles is 1. The van der Waals surface area contributed by atoms with E-state index in [0.717, 1.165) is 22.5 Å². The Kier molecular flexibility index (Phi) is 6.15. The molecular weight excluding hydrogens is 362 g/mol.